The number of nitrogens with one attached hydrogen (secondary N) is 1. The van der Waals surface area contributed by atoms with Crippen LogP contribution < -0.4 is 5.43 Å². The smallest absolute Gasteiger partial charge is 0.180 e. The van der Waals surface area contributed by atoms with E-state index in [1.54, 1.807) is 18.3 Å². The zero-order valence-electron chi connectivity index (χ0n) is 14.6. The molecule has 0 unspecified atom stereocenters. The van der Waals surface area contributed by atoms with Crippen LogP contribution in [0.2, 0.25) is 0 Å². The van der Waals surface area contributed by atoms with E-state index in [4.69, 9.17) is 0 Å². The number of para-hydroxylation sites is 1. The van der Waals surface area contributed by atoms with Gasteiger partial charge in [-0.2, -0.15) is 5.10 Å². The van der Waals surface area contributed by atoms with Crippen molar-refractivity contribution < 1.29 is 4.39 Å². The summed E-state index contributed by atoms with van der Waals surface area (Å²) < 4.78 is 13.1. The molecule has 4 aromatic rings. The van der Waals surface area contributed by atoms with Crippen LogP contribution in [0.3, 0.4) is 0 Å². The maximum Gasteiger partial charge on any atom is 0.180 e. The second kappa shape index (κ2) is 7.29. The quantitative estimate of drug-likeness (QED) is 0.426. The molecule has 0 aliphatic rings. The molecule has 0 bridgehead atoms. The van der Waals surface area contributed by atoms with Gasteiger partial charge in [0.2, 0.25) is 0 Å². The van der Waals surface area contributed by atoms with E-state index in [9.17, 15) is 4.39 Å². The van der Waals surface area contributed by atoms with Crippen molar-refractivity contribution in [1.29, 1.82) is 0 Å². The second-order valence-electron chi connectivity index (χ2n) is 5.94. The van der Waals surface area contributed by atoms with Crippen LogP contribution in [0.15, 0.2) is 78.0 Å². The van der Waals surface area contributed by atoms with E-state index in [2.05, 4.69) is 25.5 Å². The lowest BCUT2D eigenvalue weighted by Gasteiger charge is -2.09. The third kappa shape index (κ3) is 3.64. The van der Waals surface area contributed by atoms with Crippen LogP contribution in [-0.2, 0) is 0 Å². The first kappa shape index (κ1) is 16.8. The van der Waals surface area contributed by atoms with Crippen LogP contribution in [0.1, 0.15) is 12.5 Å². The summed E-state index contributed by atoms with van der Waals surface area (Å²) in [7, 11) is 0. The minimum Gasteiger partial charge on any atom is -0.260 e. The highest BCUT2D eigenvalue weighted by Gasteiger charge is 2.10. The van der Waals surface area contributed by atoms with E-state index in [0.29, 0.717) is 17.3 Å². The Kier molecular flexibility index (Phi) is 4.53. The number of anilines is 1. The molecule has 6 heteroatoms. The van der Waals surface area contributed by atoms with E-state index in [1.165, 1.54) is 12.1 Å². The van der Waals surface area contributed by atoms with Crippen molar-refractivity contribution in [3.05, 3.63) is 84.3 Å². The van der Waals surface area contributed by atoms with Gasteiger partial charge in [-0.25, -0.2) is 14.4 Å². The molecule has 0 saturated carbocycles. The van der Waals surface area contributed by atoms with Crippen LogP contribution >= 0.6 is 0 Å². The summed E-state index contributed by atoms with van der Waals surface area (Å²) in [6.07, 6.45) is 1.71. The highest BCUT2D eigenvalue weighted by molar-refractivity contribution is 5.99. The number of hydrogen-bond acceptors (Lipinski definition) is 5. The highest BCUT2D eigenvalue weighted by atomic mass is 19.1. The lowest BCUT2D eigenvalue weighted by molar-refractivity contribution is 0.628. The second-order valence-corrected chi connectivity index (χ2v) is 5.94. The number of rotatable bonds is 4. The van der Waals surface area contributed by atoms with Crippen molar-refractivity contribution >= 4 is 22.4 Å². The summed E-state index contributed by atoms with van der Waals surface area (Å²) in [5.41, 5.74) is 6.05. The van der Waals surface area contributed by atoms with E-state index >= 15 is 0 Å². The molecule has 0 spiro atoms. The molecule has 0 aliphatic carbocycles. The summed E-state index contributed by atoms with van der Waals surface area (Å²) in [6.45, 7) is 1.85. The summed E-state index contributed by atoms with van der Waals surface area (Å²) in [6, 6.07) is 19.5. The van der Waals surface area contributed by atoms with Crippen molar-refractivity contribution in [1.82, 2.24) is 15.0 Å². The van der Waals surface area contributed by atoms with Gasteiger partial charge in [0.25, 0.3) is 0 Å². The number of halogens is 1. The van der Waals surface area contributed by atoms with Gasteiger partial charge in [0.15, 0.2) is 11.6 Å². The Labute approximate surface area is 155 Å². The fourth-order valence-electron chi connectivity index (χ4n) is 2.66. The van der Waals surface area contributed by atoms with Crippen molar-refractivity contribution in [3.8, 4) is 11.5 Å². The summed E-state index contributed by atoms with van der Waals surface area (Å²) >= 11 is 0. The standard InChI is InChI=1S/C21H16FN5/c1-14(15-9-11-16(22)12-10-15)26-27-20-17-6-2-3-7-18(17)24-21(25-20)19-8-4-5-13-23-19/h2-13H,1H3,(H,24,25,27). The summed E-state index contributed by atoms with van der Waals surface area (Å²) in [5.74, 6) is 0.829. The molecule has 2 heterocycles. The molecule has 27 heavy (non-hydrogen) atoms. The fourth-order valence-corrected chi connectivity index (χ4v) is 2.66. The van der Waals surface area contributed by atoms with Crippen LogP contribution in [0, 0.1) is 5.82 Å². The first-order chi connectivity index (χ1) is 13.2. The average molecular weight is 357 g/mol. The molecular formula is C21H16FN5. The molecule has 1 N–H and O–H groups in total. The van der Waals surface area contributed by atoms with Gasteiger partial charge in [0, 0.05) is 11.6 Å². The van der Waals surface area contributed by atoms with Gasteiger partial charge < -0.3 is 0 Å². The molecule has 2 aromatic carbocycles. The molecular weight excluding hydrogens is 341 g/mol. The Hall–Kier alpha value is -3.67. The minimum atomic E-state index is -0.277. The Bertz CT molecular complexity index is 1110. The largest absolute Gasteiger partial charge is 0.260 e. The zero-order chi connectivity index (χ0) is 18.6. The Morgan fingerprint density at radius 1 is 0.926 bits per heavy atom. The molecule has 0 radical (unpaired) electrons. The Balaban J connectivity index is 1.74. The Morgan fingerprint density at radius 3 is 2.48 bits per heavy atom. The van der Waals surface area contributed by atoms with Crippen molar-refractivity contribution in [3.63, 3.8) is 0 Å². The average Bonchev–Trinajstić information content (AvgIpc) is 2.72. The van der Waals surface area contributed by atoms with E-state index < -0.39 is 0 Å². The number of nitrogens with zero attached hydrogens (tertiary/aromatic N) is 4. The van der Waals surface area contributed by atoms with Crippen LogP contribution in [0.5, 0.6) is 0 Å². The molecule has 4 rings (SSSR count). The van der Waals surface area contributed by atoms with Crippen molar-refractivity contribution in [2.45, 2.75) is 6.92 Å². The molecule has 0 atom stereocenters. The number of hydrogen-bond donors (Lipinski definition) is 1. The summed E-state index contributed by atoms with van der Waals surface area (Å²) in [5, 5.41) is 5.27. The molecule has 132 valence electrons. The van der Waals surface area contributed by atoms with Gasteiger partial charge in [-0.1, -0.05) is 30.3 Å². The number of fused-ring (bicyclic) bond motifs is 1. The first-order valence-electron chi connectivity index (χ1n) is 8.45. The molecule has 0 fully saturated rings. The van der Waals surface area contributed by atoms with Crippen LogP contribution in [0.4, 0.5) is 10.2 Å². The van der Waals surface area contributed by atoms with Crippen LogP contribution in [-0.4, -0.2) is 20.7 Å². The molecule has 0 aliphatic heterocycles. The molecule has 0 amide bonds. The third-order valence-corrected chi connectivity index (χ3v) is 4.09. The van der Waals surface area contributed by atoms with Crippen molar-refractivity contribution in [2.75, 3.05) is 5.43 Å². The number of aromatic nitrogens is 3. The fraction of sp³-hybridized carbons (Fsp3) is 0.0476. The highest BCUT2D eigenvalue weighted by Crippen LogP contribution is 2.24. The topological polar surface area (TPSA) is 63.1 Å². The number of pyridine rings is 1. The van der Waals surface area contributed by atoms with Crippen molar-refractivity contribution in [2.24, 2.45) is 5.10 Å². The van der Waals surface area contributed by atoms with Gasteiger partial charge in [0.1, 0.15) is 11.5 Å². The van der Waals surface area contributed by atoms with Gasteiger partial charge in [-0.05, 0) is 48.9 Å². The van der Waals surface area contributed by atoms with Gasteiger partial charge in [-0.3, -0.25) is 10.4 Å². The number of hydrazone groups is 1. The van der Waals surface area contributed by atoms with Gasteiger partial charge in [-0.15, -0.1) is 0 Å². The van der Waals surface area contributed by atoms with Gasteiger partial charge >= 0.3 is 0 Å². The molecule has 2 aromatic heterocycles. The first-order valence-corrected chi connectivity index (χ1v) is 8.45. The van der Waals surface area contributed by atoms with E-state index in [1.807, 2.05) is 49.4 Å². The summed E-state index contributed by atoms with van der Waals surface area (Å²) in [4.78, 5) is 13.5. The maximum absolute atomic E-state index is 13.1. The SMILES string of the molecule is CC(=NNc1nc(-c2ccccn2)nc2ccccc12)c1ccc(F)cc1. The minimum absolute atomic E-state index is 0.277. The third-order valence-electron chi connectivity index (χ3n) is 4.09. The predicted molar refractivity (Wildman–Crippen MR) is 105 cm³/mol. The Morgan fingerprint density at radius 2 is 1.70 bits per heavy atom. The zero-order valence-corrected chi connectivity index (χ0v) is 14.6. The molecule has 0 saturated heterocycles. The van der Waals surface area contributed by atoms with Crippen LogP contribution in [0.25, 0.3) is 22.4 Å². The van der Waals surface area contributed by atoms with E-state index in [-0.39, 0.29) is 5.82 Å². The maximum atomic E-state index is 13.1. The van der Waals surface area contributed by atoms with E-state index in [0.717, 1.165) is 22.2 Å². The molecule has 5 nitrogen and oxygen atoms in total. The normalized spacial score (nSPS) is 11.6. The lowest BCUT2D eigenvalue weighted by atomic mass is 10.1. The number of benzene rings is 2. The lowest BCUT2D eigenvalue weighted by Crippen LogP contribution is -2.03. The van der Waals surface area contributed by atoms with Gasteiger partial charge in [0.05, 0.1) is 11.2 Å². The predicted octanol–water partition coefficient (Wildman–Crippen LogP) is 4.67. The monoisotopic (exact) mass is 357 g/mol.